The van der Waals surface area contributed by atoms with Crippen LogP contribution in [0.4, 0.5) is 0 Å². The maximum absolute atomic E-state index is 9.66. The largest absolute Gasteiger partial charge is 0.492 e. The molecule has 15 heavy (non-hydrogen) atoms. The molecule has 0 bridgehead atoms. The lowest BCUT2D eigenvalue weighted by Gasteiger charge is -1.93. The predicted molar refractivity (Wildman–Crippen MR) is 63.5 cm³/mol. The molecular formula is C12H9NOS. The third-order valence-electron chi connectivity index (χ3n) is 2.59. The van der Waals surface area contributed by atoms with Gasteiger partial charge >= 0.3 is 0 Å². The predicted octanol–water partition coefficient (Wildman–Crippen LogP) is 3.46. The molecule has 3 heteroatoms. The van der Waals surface area contributed by atoms with E-state index in [1.54, 1.807) is 17.5 Å². The minimum Gasteiger partial charge on any atom is -0.492 e. The third kappa shape index (κ3) is 1.13. The van der Waals surface area contributed by atoms with Crippen LogP contribution < -0.4 is 0 Å². The van der Waals surface area contributed by atoms with Gasteiger partial charge < -0.3 is 5.11 Å². The Kier molecular flexibility index (Phi) is 1.70. The van der Waals surface area contributed by atoms with Crippen LogP contribution in [-0.2, 0) is 0 Å². The van der Waals surface area contributed by atoms with Crippen molar-refractivity contribution in [2.75, 3.05) is 0 Å². The summed E-state index contributed by atoms with van der Waals surface area (Å²) in [7, 11) is 0. The van der Waals surface area contributed by atoms with E-state index >= 15 is 0 Å². The molecule has 1 N–H and O–H groups in total. The van der Waals surface area contributed by atoms with Crippen LogP contribution in [0.2, 0.25) is 0 Å². The SMILES string of the molecule is Cc1cccc2c1sc1c(O)nccc12. The number of nitrogens with zero attached hydrogens (tertiary/aromatic N) is 1. The lowest BCUT2D eigenvalue weighted by molar-refractivity contribution is 0.461. The minimum absolute atomic E-state index is 0.133. The van der Waals surface area contributed by atoms with Crippen LogP contribution in [-0.4, -0.2) is 10.1 Å². The van der Waals surface area contributed by atoms with Gasteiger partial charge in [-0.2, -0.15) is 0 Å². The van der Waals surface area contributed by atoms with Crippen molar-refractivity contribution in [3.8, 4) is 5.88 Å². The van der Waals surface area contributed by atoms with Crippen molar-refractivity contribution in [3.63, 3.8) is 0 Å². The third-order valence-corrected chi connectivity index (χ3v) is 3.94. The summed E-state index contributed by atoms with van der Waals surface area (Å²) in [6, 6.07) is 8.16. The first-order chi connectivity index (χ1) is 7.27. The van der Waals surface area contributed by atoms with Crippen molar-refractivity contribution in [2.24, 2.45) is 0 Å². The van der Waals surface area contributed by atoms with Gasteiger partial charge in [0.15, 0.2) is 0 Å². The Bertz CT molecular complexity index is 601. The molecule has 1 aromatic carbocycles. The van der Waals surface area contributed by atoms with Gasteiger partial charge in [0.2, 0.25) is 5.88 Å². The van der Waals surface area contributed by atoms with E-state index in [4.69, 9.17) is 0 Å². The zero-order chi connectivity index (χ0) is 10.4. The van der Waals surface area contributed by atoms with E-state index in [0.29, 0.717) is 0 Å². The van der Waals surface area contributed by atoms with E-state index in [-0.39, 0.29) is 5.88 Å². The molecule has 74 valence electrons. The first kappa shape index (κ1) is 8.68. The number of benzene rings is 1. The molecule has 0 unspecified atom stereocenters. The van der Waals surface area contributed by atoms with Gasteiger partial charge in [0.1, 0.15) is 0 Å². The summed E-state index contributed by atoms with van der Waals surface area (Å²) < 4.78 is 2.11. The zero-order valence-corrected chi connectivity index (χ0v) is 9.01. The monoisotopic (exact) mass is 215 g/mol. The number of aryl methyl sites for hydroxylation is 1. The molecule has 0 aliphatic carbocycles. The Labute approximate surface area is 90.8 Å². The highest BCUT2D eigenvalue weighted by molar-refractivity contribution is 7.26. The fourth-order valence-corrected chi connectivity index (χ4v) is 3.01. The molecule has 0 atom stereocenters. The van der Waals surface area contributed by atoms with Crippen molar-refractivity contribution >= 4 is 31.5 Å². The summed E-state index contributed by atoms with van der Waals surface area (Å²) in [5.74, 6) is 0.133. The van der Waals surface area contributed by atoms with Gasteiger partial charge in [0, 0.05) is 21.7 Å². The molecule has 0 fully saturated rings. The standard InChI is InChI=1S/C12H9NOS/c1-7-3-2-4-8-9-5-6-13-12(14)11(9)15-10(7)8/h2-6H,1H3,(H,13,14). The molecule has 3 aromatic rings. The molecule has 0 saturated carbocycles. The average molecular weight is 215 g/mol. The van der Waals surface area contributed by atoms with Gasteiger partial charge in [-0.3, -0.25) is 0 Å². The lowest BCUT2D eigenvalue weighted by Crippen LogP contribution is -1.72. The quantitative estimate of drug-likeness (QED) is 0.623. The number of hydrogen-bond donors (Lipinski definition) is 1. The molecular weight excluding hydrogens is 206 g/mol. The van der Waals surface area contributed by atoms with Crippen molar-refractivity contribution in [1.82, 2.24) is 4.98 Å². The Morgan fingerprint density at radius 1 is 1.13 bits per heavy atom. The van der Waals surface area contributed by atoms with Crippen LogP contribution in [0.5, 0.6) is 5.88 Å². The topological polar surface area (TPSA) is 33.1 Å². The smallest absolute Gasteiger partial charge is 0.229 e. The van der Waals surface area contributed by atoms with E-state index < -0.39 is 0 Å². The second-order valence-corrected chi connectivity index (χ2v) is 4.59. The van der Waals surface area contributed by atoms with Crippen LogP contribution >= 0.6 is 11.3 Å². The first-order valence-electron chi connectivity index (χ1n) is 4.73. The van der Waals surface area contributed by atoms with Crippen molar-refractivity contribution in [2.45, 2.75) is 6.92 Å². The molecule has 2 aromatic heterocycles. The fraction of sp³-hybridized carbons (Fsp3) is 0.0833. The number of thiophene rings is 1. The van der Waals surface area contributed by atoms with E-state index in [1.165, 1.54) is 15.6 Å². The molecule has 0 spiro atoms. The van der Waals surface area contributed by atoms with E-state index in [1.807, 2.05) is 12.1 Å². The number of pyridine rings is 1. The van der Waals surface area contributed by atoms with Crippen LogP contribution in [0.25, 0.3) is 20.2 Å². The fourth-order valence-electron chi connectivity index (χ4n) is 1.85. The molecule has 2 heterocycles. The molecule has 0 amide bonds. The number of aromatic hydroxyl groups is 1. The Hall–Kier alpha value is -1.61. The molecule has 0 aliphatic rings. The second kappa shape index (κ2) is 2.94. The van der Waals surface area contributed by atoms with Crippen molar-refractivity contribution in [1.29, 1.82) is 0 Å². The summed E-state index contributed by atoms with van der Waals surface area (Å²) in [6.07, 6.45) is 1.64. The average Bonchev–Trinajstić information content (AvgIpc) is 2.60. The summed E-state index contributed by atoms with van der Waals surface area (Å²) in [5.41, 5.74) is 1.24. The summed E-state index contributed by atoms with van der Waals surface area (Å²) in [6.45, 7) is 2.09. The Balaban J connectivity index is 2.63. The maximum atomic E-state index is 9.66. The zero-order valence-electron chi connectivity index (χ0n) is 8.19. The van der Waals surface area contributed by atoms with Gasteiger partial charge in [0.25, 0.3) is 0 Å². The number of rotatable bonds is 0. The van der Waals surface area contributed by atoms with Crippen LogP contribution in [0.15, 0.2) is 30.5 Å². The summed E-state index contributed by atoms with van der Waals surface area (Å²) in [5, 5.41) is 12.0. The number of hydrogen-bond acceptors (Lipinski definition) is 3. The van der Waals surface area contributed by atoms with Gasteiger partial charge in [-0.25, -0.2) is 4.98 Å². The molecule has 0 aliphatic heterocycles. The van der Waals surface area contributed by atoms with Crippen LogP contribution in [0.1, 0.15) is 5.56 Å². The van der Waals surface area contributed by atoms with Gasteiger partial charge in [-0.15, -0.1) is 11.3 Å². The van der Waals surface area contributed by atoms with Crippen LogP contribution in [0, 0.1) is 6.92 Å². The number of aromatic nitrogens is 1. The van der Waals surface area contributed by atoms with Crippen LogP contribution in [0.3, 0.4) is 0 Å². The van der Waals surface area contributed by atoms with E-state index in [2.05, 4.69) is 24.0 Å². The normalized spacial score (nSPS) is 11.3. The van der Waals surface area contributed by atoms with Crippen molar-refractivity contribution in [3.05, 3.63) is 36.0 Å². The molecule has 3 rings (SSSR count). The summed E-state index contributed by atoms with van der Waals surface area (Å²) in [4.78, 5) is 3.90. The highest BCUT2D eigenvalue weighted by Gasteiger charge is 2.09. The minimum atomic E-state index is 0.133. The van der Waals surface area contributed by atoms with Gasteiger partial charge in [-0.05, 0) is 18.6 Å². The Morgan fingerprint density at radius 2 is 1.93 bits per heavy atom. The maximum Gasteiger partial charge on any atom is 0.229 e. The summed E-state index contributed by atoms with van der Waals surface area (Å²) >= 11 is 1.60. The van der Waals surface area contributed by atoms with E-state index in [9.17, 15) is 5.11 Å². The molecule has 2 nitrogen and oxygen atoms in total. The van der Waals surface area contributed by atoms with E-state index in [0.717, 1.165) is 10.1 Å². The van der Waals surface area contributed by atoms with Gasteiger partial charge in [-0.1, -0.05) is 18.2 Å². The van der Waals surface area contributed by atoms with Crippen molar-refractivity contribution < 1.29 is 5.11 Å². The number of fused-ring (bicyclic) bond motifs is 3. The molecule has 0 saturated heterocycles. The second-order valence-electron chi connectivity index (χ2n) is 3.56. The van der Waals surface area contributed by atoms with Gasteiger partial charge in [0.05, 0.1) is 4.70 Å². The highest BCUT2D eigenvalue weighted by Crippen LogP contribution is 2.38. The molecule has 0 radical (unpaired) electrons. The highest BCUT2D eigenvalue weighted by atomic mass is 32.1. The lowest BCUT2D eigenvalue weighted by atomic mass is 10.1. The Morgan fingerprint density at radius 3 is 2.80 bits per heavy atom. The first-order valence-corrected chi connectivity index (χ1v) is 5.55.